The van der Waals surface area contributed by atoms with Gasteiger partial charge in [0.05, 0.1) is 5.92 Å². The van der Waals surface area contributed by atoms with Crippen molar-refractivity contribution in [2.24, 2.45) is 5.92 Å². The molecule has 3 aromatic rings. The van der Waals surface area contributed by atoms with Crippen LogP contribution in [0.2, 0.25) is 0 Å². The zero-order chi connectivity index (χ0) is 23.0. The van der Waals surface area contributed by atoms with Crippen molar-refractivity contribution in [1.29, 1.82) is 0 Å². The molecule has 10 nitrogen and oxygen atoms in total. The van der Waals surface area contributed by atoms with Crippen LogP contribution in [0.25, 0.3) is 11.4 Å². The average molecular weight is 492 g/mol. The molecular weight excluding hydrogens is 466 g/mol. The molecule has 1 saturated heterocycles. The number of aromatic nitrogens is 3. The molecule has 0 spiro atoms. The molecule has 33 heavy (non-hydrogen) atoms. The number of carbonyl (C=O) groups is 1. The number of hydrogen-bond donors (Lipinski definition) is 1. The zero-order valence-electron chi connectivity index (χ0n) is 18.2. The molecule has 1 aliphatic carbocycles. The second kappa shape index (κ2) is 8.99. The van der Waals surface area contributed by atoms with Gasteiger partial charge in [0.25, 0.3) is 10.0 Å². The number of sulfonamides is 1. The number of amides is 1. The van der Waals surface area contributed by atoms with Gasteiger partial charge in [-0.25, -0.2) is 8.42 Å². The Morgan fingerprint density at radius 3 is 2.73 bits per heavy atom. The fraction of sp³-hybridized carbons (Fsp3) is 0.524. The van der Waals surface area contributed by atoms with Gasteiger partial charge in [0, 0.05) is 36.0 Å². The van der Waals surface area contributed by atoms with Crippen LogP contribution in [0, 0.1) is 12.8 Å². The molecule has 0 unspecified atom stereocenters. The molecule has 176 valence electrons. The lowest BCUT2D eigenvalue weighted by Gasteiger charge is -2.30. The Labute approximate surface area is 195 Å². The number of nitrogens with one attached hydrogen (secondary N) is 1. The second-order valence-electron chi connectivity index (χ2n) is 8.61. The lowest BCUT2D eigenvalue weighted by atomic mass is 9.99. The summed E-state index contributed by atoms with van der Waals surface area (Å²) in [5, 5.41) is 12.3. The summed E-state index contributed by atoms with van der Waals surface area (Å²) >= 11 is 1.13. The van der Waals surface area contributed by atoms with Crippen molar-refractivity contribution in [2.75, 3.05) is 18.4 Å². The van der Waals surface area contributed by atoms with E-state index in [0.29, 0.717) is 54.2 Å². The SMILES string of the molecule is Cc1cc(NC(=O)[C@@H]2CCCN(S(=O)(=O)c3cc(-c4noc(C5CCCC5)n4)cs3)C2)no1. The third-order valence-corrected chi connectivity index (χ3v) is 9.49. The van der Waals surface area contributed by atoms with Crippen LogP contribution in [0.5, 0.6) is 0 Å². The number of nitrogens with zero attached hydrogens (tertiary/aromatic N) is 4. The van der Waals surface area contributed by atoms with Crippen molar-refractivity contribution >= 4 is 33.1 Å². The first-order valence-electron chi connectivity index (χ1n) is 11.1. The first-order chi connectivity index (χ1) is 15.9. The fourth-order valence-electron chi connectivity index (χ4n) is 4.42. The first-order valence-corrected chi connectivity index (χ1v) is 13.4. The molecule has 12 heteroatoms. The summed E-state index contributed by atoms with van der Waals surface area (Å²) in [5.74, 6) is 1.53. The fourth-order valence-corrected chi connectivity index (χ4v) is 7.25. The van der Waals surface area contributed by atoms with Gasteiger partial charge in [-0.05, 0) is 38.7 Å². The molecule has 3 aromatic heterocycles. The van der Waals surface area contributed by atoms with Crippen molar-refractivity contribution in [1.82, 2.24) is 19.6 Å². The number of rotatable bonds is 6. The monoisotopic (exact) mass is 491 g/mol. The Morgan fingerprint density at radius 2 is 1.97 bits per heavy atom. The van der Waals surface area contributed by atoms with Gasteiger partial charge in [0.2, 0.25) is 17.6 Å². The van der Waals surface area contributed by atoms with Crippen molar-refractivity contribution in [3.8, 4) is 11.4 Å². The highest BCUT2D eigenvalue weighted by Gasteiger charge is 2.35. The van der Waals surface area contributed by atoms with Crippen LogP contribution in [-0.4, -0.2) is 47.0 Å². The minimum absolute atomic E-state index is 0.117. The van der Waals surface area contributed by atoms with Crippen LogP contribution in [0.3, 0.4) is 0 Å². The Hall–Kier alpha value is -2.57. The van der Waals surface area contributed by atoms with E-state index in [0.717, 1.165) is 37.0 Å². The quantitative estimate of drug-likeness (QED) is 0.551. The summed E-state index contributed by atoms with van der Waals surface area (Å²) in [4.78, 5) is 17.1. The standard InChI is InChI=1S/C21H25N5O5S2/c1-13-9-17(24-30-13)22-20(27)15-7-4-8-26(11-15)33(28,29)18-10-16(12-32-18)19-23-21(31-25-19)14-5-2-3-6-14/h9-10,12,14-15H,2-8,11H2,1H3,(H,22,24,27)/t15-/m1/s1. The van der Waals surface area contributed by atoms with Gasteiger partial charge in [-0.15, -0.1) is 11.3 Å². The normalized spacial score (nSPS) is 20.3. The van der Waals surface area contributed by atoms with E-state index in [9.17, 15) is 13.2 Å². The van der Waals surface area contributed by atoms with Crippen LogP contribution in [0.1, 0.15) is 56.1 Å². The maximum Gasteiger partial charge on any atom is 0.252 e. The highest BCUT2D eigenvalue weighted by atomic mass is 32.2. The second-order valence-corrected chi connectivity index (χ2v) is 11.7. The van der Waals surface area contributed by atoms with Gasteiger partial charge in [-0.2, -0.15) is 9.29 Å². The predicted octanol–water partition coefficient (Wildman–Crippen LogP) is 3.79. The molecule has 0 bridgehead atoms. The van der Waals surface area contributed by atoms with E-state index in [2.05, 4.69) is 20.6 Å². The summed E-state index contributed by atoms with van der Waals surface area (Å²) < 4.78 is 38.6. The Bertz CT molecular complexity index is 1240. The first kappa shape index (κ1) is 22.2. The summed E-state index contributed by atoms with van der Waals surface area (Å²) in [7, 11) is -3.74. The summed E-state index contributed by atoms with van der Waals surface area (Å²) in [6, 6.07) is 3.21. The largest absolute Gasteiger partial charge is 0.360 e. The molecule has 2 fully saturated rings. The zero-order valence-corrected chi connectivity index (χ0v) is 19.8. The van der Waals surface area contributed by atoms with Gasteiger partial charge in [-0.1, -0.05) is 23.2 Å². The average Bonchev–Trinajstić information content (AvgIpc) is 3.60. The number of thiophene rings is 1. The molecule has 1 aliphatic heterocycles. The number of carbonyl (C=O) groups excluding carboxylic acids is 1. The number of anilines is 1. The highest BCUT2D eigenvalue weighted by Crippen LogP contribution is 2.35. The van der Waals surface area contributed by atoms with E-state index in [1.165, 1.54) is 4.31 Å². The molecule has 5 rings (SSSR count). The topological polar surface area (TPSA) is 131 Å². The van der Waals surface area contributed by atoms with Crippen LogP contribution in [-0.2, 0) is 14.8 Å². The van der Waals surface area contributed by atoms with Crippen molar-refractivity contribution in [2.45, 2.75) is 55.6 Å². The molecule has 1 amide bonds. The van der Waals surface area contributed by atoms with E-state index in [-0.39, 0.29) is 16.7 Å². The molecule has 1 atom stereocenters. The Morgan fingerprint density at radius 1 is 1.15 bits per heavy atom. The van der Waals surface area contributed by atoms with Crippen molar-refractivity contribution < 1.29 is 22.3 Å². The van der Waals surface area contributed by atoms with E-state index < -0.39 is 15.9 Å². The molecule has 0 aromatic carbocycles. The van der Waals surface area contributed by atoms with E-state index >= 15 is 0 Å². The highest BCUT2D eigenvalue weighted by molar-refractivity contribution is 7.91. The van der Waals surface area contributed by atoms with Crippen LogP contribution < -0.4 is 5.32 Å². The molecule has 1 N–H and O–H groups in total. The third-order valence-electron chi connectivity index (χ3n) is 6.21. The lowest BCUT2D eigenvalue weighted by Crippen LogP contribution is -2.43. The molecule has 1 saturated carbocycles. The summed E-state index contributed by atoms with van der Waals surface area (Å²) in [6.07, 6.45) is 5.63. The summed E-state index contributed by atoms with van der Waals surface area (Å²) in [5.41, 5.74) is 0.624. The number of hydrogen-bond acceptors (Lipinski definition) is 9. The maximum absolute atomic E-state index is 13.3. The smallest absolute Gasteiger partial charge is 0.252 e. The predicted molar refractivity (Wildman–Crippen MR) is 120 cm³/mol. The number of aryl methyl sites for hydroxylation is 1. The van der Waals surface area contributed by atoms with E-state index in [4.69, 9.17) is 9.05 Å². The van der Waals surface area contributed by atoms with Crippen LogP contribution in [0.4, 0.5) is 5.82 Å². The van der Waals surface area contributed by atoms with Gasteiger partial charge in [-0.3, -0.25) is 4.79 Å². The molecule has 0 radical (unpaired) electrons. The van der Waals surface area contributed by atoms with Gasteiger partial charge in [0.1, 0.15) is 9.97 Å². The van der Waals surface area contributed by atoms with Crippen LogP contribution >= 0.6 is 11.3 Å². The lowest BCUT2D eigenvalue weighted by molar-refractivity contribution is -0.120. The molecule has 4 heterocycles. The van der Waals surface area contributed by atoms with Gasteiger partial charge in [0.15, 0.2) is 5.82 Å². The Kier molecular flexibility index (Phi) is 6.06. The van der Waals surface area contributed by atoms with E-state index in [1.807, 2.05) is 0 Å². The third kappa shape index (κ3) is 4.59. The van der Waals surface area contributed by atoms with Crippen LogP contribution in [0.15, 0.2) is 30.8 Å². The molecular formula is C21H25N5O5S2. The summed E-state index contributed by atoms with van der Waals surface area (Å²) in [6.45, 7) is 2.22. The Balaban J connectivity index is 1.28. The van der Waals surface area contributed by atoms with Gasteiger partial charge >= 0.3 is 0 Å². The minimum Gasteiger partial charge on any atom is -0.360 e. The van der Waals surface area contributed by atoms with Gasteiger partial charge < -0.3 is 14.4 Å². The number of piperidine rings is 1. The maximum atomic E-state index is 13.3. The van der Waals surface area contributed by atoms with Crippen molar-refractivity contribution in [3.63, 3.8) is 0 Å². The van der Waals surface area contributed by atoms with Crippen molar-refractivity contribution in [3.05, 3.63) is 29.2 Å². The molecule has 2 aliphatic rings. The van der Waals surface area contributed by atoms with E-state index in [1.54, 1.807) is 24.4 Å². The minimum atomic E-state index is -3.74.